The Morgan fingerprint density at radius 3 is 3.00 bits per heavy atom. The number of halogens is 1. The molecular formula is C7H6BrN3S. The predicted molar refractivity (Wildman–Crippen MR) is 55.5 cm³/mol. The van der Waals surface area contributed by atoms with Crippen LogP contribution in [0.2, 0.25) is 0 Å². The lowest BCUT2D eigenvalue weighted by Gasteiger charge is -1.95. The number of nitrogens with two attached hydrogens (primary N) is 1. The predicted octanol–water partition coefficient (Wildman–Crippen LogP) is 2.20. The second-order valence-electron chi connectivity index (χ2n) is 2.41. The Morgan fingerprint density at radius 1 is 1.50 bits per heavy atom. The van der Waals surface area contributed by atoms with Gasteiger partial charge in [0.1, 0.15) is 5.52 Å². The van der Waals surface area contributed by atoms with Gasteiger partial charge in [-0.05, 0) is 28.1 Å². The maximum absolute atomic E-state index is 5.49. The standard InChI is InChI=1S/C7H6BrN3S/c8-3-1-2-4-5(6(3)12)11-7(9)10-4/h1-2,12H,(H3,9,10,11). The lowest BCUT2D eigenvalue weighted by molar-refractivity contribution is 1.34. The van der Waals surface area contributed by atoms with Crippen LogP contribution in [-0.2, 0) is 0 Å². The van der Waals surface area contributed by atoms with E-state index in [1.54, 1.807) is 0 Å². The summed E-state index contributed by atoms with van der Waals surface area (Å²) in [6, 6.07) is 3.81. The van der Waals surface area contributed by atoms with Gasteiger partial charge in [0.15, 0.2) is 5.95 Å². The summed E-state index contributed by atoms with van der Waals surface area (Å²) >= 11 is 7.65. The minimum absolute atomic E-state index is 0.415. The second-order valence-corrected chi connectivity index (χ2v) is 3.72. The molecule has 0 aliphatic rings. The molecule has 1 heterocycles. The fourth-order valence-corrected chi connectivity index (χ4v) is 1.62. The molecule has 0 unspecified atom stereocenters. The van der Waals surface area contributed by atoms with E-state index in [1.165, 1.54) is 0 Å². The number of nitrogens with one attached hydrogen (secondary N) is 1. The van der Waals surface area contributed by atoms with E-state index in [0.717, 1.165) is 20.4 Å². The van der Waals surface area contributed by atoms with Crippen LogP contribution >= 0.6 is 28.6 Å². The van der Waals surface area contributed by atoms with E-state index in [9.17, 15) is 0 Å². The molecule has 0 bridgehead atoms. The average Bonchev–Trinajstić information content (AvgIpc) is 2.39. The molecule has 0 fully saturated rings. The van der Waals surface area contributed by atoms with E-state index in [1.807, 2.05) is 12.1 Å². The number of nitrogens with zero attached hydrogens (tertiary/aromatic N) is 1. The lowest BCUT2D eigenvalue weighted by Crippen LogP contribution is -1.84. The van der Waals surface area contributed by atoms with Crippen LogP contribution in [0.4, 0.5) is 5.95 Å². The number of imidazole rings is 1. The van der Waals surface area contributed by atoms with Crippen LogP contribution < -0.4 is 5.73 Å². The van der Waals surface area contributed by atoms with Gasteiger partial charge in [-0.3, -0.25) is 0 Å². The summed E-state index contributed by atoms with van der Waals surface area (Å²) < 4.78 is 0.921. The normalized spacial score (nSPS) is 10.8. The van der Waals surface area contributed by atoms with Crippen molar-refractivity contribution in [3.63, 3.8) is 0 Å². The van der Waals surface area contributed by atoms with Crippen LogP contribution in [0, 0.1) is 0 Å². The third kappa shape index (κ3) is 1.09. The molecule has 0 saturated heterocycles. The smallest absolute Gasteiger partial charge is 0.198 e. The van der Waals surface area contributed by atoms with Gasteiger partial charge in [0, 0.05) is 9.37 Å². The molecular weight excluding hydrogens is 238 g/mol. The molecule has 0 spiro atoms. The summed E-state index contributed by atoms with van der Waals surface area (Å²) in [4.78, 5) is 7.82. The van der Waals surface area contributed by atoms with E-state index >= 15 is 0 Å². The zero-order chi connectivity index (χ0) is 8.72. The van der Waals surface area contributed by atoms with Crippen molar-refractivity contribution in [2.24, 2.45) is 0 Å². The highest BCUT2D eigenvalue weighted by atomic mass is 79.9. The number of rotatable bonds is 0. The minimum atomic E-state index is 0.415. The fourth-order valence-electron chi connectivity index (χ4n) is 1.06. The van der Waals surface area contributed by atoms with Crippen molar-refractivity contribution in [3.8, 4) is 0 Å². The van der Waals surface area contributed by atoms with Gasteiger partial charge in [-0.2, -0.15) is 0 Å². The average molecular weight is 244 g/mol. The van der Waals surface area contributed by atoms with Gasteiger partial charge in [0.2, 0.25) is 0 Å². The van der Waals surface area contributed by atoms with Gasteiger partial charge in [0.25, 0.3) is 0 Å². The van der Waals surface area contributed by atoms with E-state index in [2.05, 4.69) is 38.5 Å². The number of aromatic nitrogens is 2. The first-order valence-electron chi connectivity index (χ1n) is 3.31. The number of hydrogen-bond acceptors (Lipinski definition) is 3. The number of fused-ring (bicyclic) bond motifs is 1. The van der Waals surface area contributed by atoms with Crippen molar-refractivity contribution < 1.29 is 0 Å². The van der Waals surface area contributed by atoms with E-state index in [4.69, 9.17) is 5.73 Å². The van der Waals surface area contributed by atoms with Crippen molar-refractivity contribution in [1.29, 1.82) is 0 Å². The highest BCUT2D eigenvalue weighted by Gasteiger charge is 2.05. The Kier molecular flexibility index (Phi) is 1.77. The van der Waals surface area contributed by atoms with Gasteiger partial charge in [0.05, 0.1) is 5.52 Å². The minimum Gasteiger partial charge on any atom is -0.369 e. The van der Waals surface area contributed by atoms with Gasteiger partial charge >= 0.3 is 0 Å². The van der Waals surface area contributed by atoms with Gasteiger partial charge in [-0.15, -0.1) is 12.6 Å². The number of benzene rings is 1. The summed E-state index contributed by atoms with van der Waals surface area (Å²) in [6.07, 6.45) is 0. The number of anilines is 1. The Hall–Kier alpha value is -0.680. The van der Waals surface area contributed by atoms with Crippen LogP contribution in [-0.4, -0.2) is 9.97 Å². The number of H-pyrrole nitrogens is 1. The summed E-state index contributed by atoms with van der Waals surface area (Å²) in [5.74, 6) is 0.415. The molecule has 0 aliphatic heterocycles. The Labute approximate surface area is 82.9 Å². The van der Waals surface area contributed by atoms with Crippen molar-refractivity contribution in [1.82, 2.24) is 9.97 Å². The molecule has 3 nitrogen and oxygen atoms in total. The first-order chi connectivity index (χ1) is 5.68. The molecule has 62 valence electrons. The Morgan fingerprint density at radius 2 is 2.25 bits per heavy atom. The van der Waals surface area contributed by atoms with Crippen molar-refractivity contribution >= 4 is 45.5 Å². The molecule has 1 aromatic heterocycles. The molecule has 0 atom stereocenters. The molecule has 0 aliphatic carbocycles. The SMILES string of the molecule is Nc1nc2c(S)c(Br)ccc2[nH]1. The zero-order valence-electron chi connectivity index (χ0n) is 6.00. The highest BCUT2D eigenvalue weighted by molar-refractivity contribution is 9.10. The van der Waals surface area contributed by atoms with Crippen LogP contribution in [0.1, 0.15) is 0 Å². The topological polar surface area (TPSA) is 54.7 Å². The van der Waals surface area contributed by atoms with Crippen molar-refractivity contribution in [3.05, 3.63) is 16.6 Å². The molecule has 0 saturated carbocycles. The van der Waals surface area contributed by atoms with Crippen LogP contribution in [0.5, 0.6) is 0 Å². The molecule has 0 radical (unpaired) electrons. The van der Waals surface area contributed by atoms with E-state index in [-0.39, 0.29) is 0 Å². The molecule has 0 amide bonds. The lowest BCUT2D eigenvalue weighted by atomic mass is 10.3. The quantitative estimate of drug-likeness (QED) is 0.622. The summed E-state index contributed by atoms with van der Waals surface area (Å²) in [5, 5.41) is 0. The van der Waals surface area contributed by atoms with Crippen LogP contribution in [0.3, 0.4) is 0 Å². The molecule has 12 heavy (non-hydrogen) atoms. The molecule has 2 rings (SSSR count). The molecule has 3 N–H and O–H groups in total. The highest BCUT2D eigenvalue weighted by Crippen LogP contribution is 2.28. The second kappa shape index (κ2) is 2.67. The molecule has 1 aromatic carbocycles. The zero-order valence-corrected chi connectivity index (χ0v) is 8.48. The molecule has 2 aromatic rings. The summed E-state index contributed by atoms with van der Waals surface area (Å²) in [6.45, 7) is 0. The monoisotopic (exact) mass is 243 g/mol. The number of aromatic amines is 1. The maximum Gasteiger partial charge on any atom is 0.198 e. The molecule has 5 heteroatoms. The van der Waals surface area contributed by atoms with E-state index < -0.39 is 0 Å². The summed E-state index contributed by atoms with van der Waals surface area (Å²) in [7, 11) is 0. The fraction of sp³-hybridized carbons (Fsp3) is 0. The Balaban J connectivity index is 2.89. The third-order valence-electron chi connectivity index (χ3n) is 1.60. The van der Waals surface area contributed by atoms with Gasteiger partial charge < -0.3 is 10.7 Å². The third-order valence-corrected chi connectivity index (χ3v) is 3.02. The summed E-state index contributed by atoms with van der Waals surface area (Å²) in [5.41, 5.74) is 7.19. The van der Waals surface area contributed by atoms with Crippen LogP contribution in [0.15, 0.2) is 21.5 Å². The number of nitrogen functional groups attached to an aromatic ring is 1. The van der Waals surface area contributed by atoms with Crippen molar-refractivity contribution in [2.45, 2.75) is 4.90 Å². The first kappa shape index (κ1) is 7.94. The maximum atomic E-state index is 5.49. The first-order valence-corrected chi connectivity index (χ1v) is 4.55. The van der Waals surface area contributed by atoms with Gasteiger partial charge in [-0.1, -0.05) is 0 Å². The van der Waals surface area contributed by atoms with E-state index in [0.29, 0.717) is 5.95 Å². The Bertz CT molecular complexity index is 437. The van der Waals surface area contributed by atoms with Crippen LogP contribution in [0.25, 0.3) is 11.0 Å². The number of thiol groups is 1. The van der Waals surface area contributed by atoms with Gasteiger partial charge in [-0.25, -0.2) is 4.98 Å². The largest absolute Gasteiger partial charge is 0.369 e. The van der Waals surface area contributed by atoms with Crippen molar-refractivity contribution in [2.75, 3.05) is 5.73 Å². The number of hydrogen-bond donors (Lipinski definition) is 3.